The smallest absolute Gasteiger partial charge is 0.290 e. The van der Waals surface area contributed by atoms with Gasteiger partial charge in [0.25, 0.3) is 0 Å². The number of nitrogens with zero attached hydrogens (tertiary/aromatic N) is 2. The minimum Gasteiger partial charge on any atom is -0.290 e. The van der Waals surface area contributed by atoms with Crippen LogP contribution in [0.5, 0.6) is 0 Å². The van der Waals surface area contributed by atoms with E-state index >= 15 is 0 Å². The molecule has 30 heavy (non-hydrogen) atoms. The van der Waals surface area contributed by atoms with Gasteiger partial charge in [0.2, 0.25) is 15.8 Å². The summed E-state index contributed by atoms with van der Waals surface area (Å²) in [6, 6.07) is 2.98. The number of aromatic nitrogens is 2. The molecule has 0 radical (unpaired) electrons. The lowest BCUT2D eigenvalue weighted by atomic mass is 9.81. The Labute approximate surface area is 171 Å². The Morgan fingerprint density at radius 1 is 1.10 bits per heavy atom. The molecule has 1 aliphatic heterocycles. The zero-order valence-corrected chi connectivity index (χ0v) is 16.8. The Kier molecular flexibility index (Phi) is 4.21. The molecule has 5 rings (SSSR count). The quantitative estimate of drug-likeness (QED) is 0.781. The SMILES string of the molecule is O=C1c2[nH]ncc2C(C2CC2)N(S(=O)(=O)c2ccc(C(F)(F)F)cc2)C12CCCC2. The van der Waals surface area contributed by atoms with Crippen LogP contribution < -0.4 is 0 Å². The first-order chi connectivity index (χ1) is 14.2. The Morgan fingerprint density at radius 2 is 1.73 bits per heavy atom. The highest BCUT2D eigenvalue weighted by Gasteiger charge is 2.61. The van der Waals surface area contributed by atoms with Crippen molar-refractivity contribution in [3.05, 3.63) is 47.3 Å². The van der Waals surface area contributed by atoms with Crippen molar-refractivity contribution < 1.29 is 26.4 Å². The maximum Gasteiger partial charge on any atom is 0.416 e. The molecule has 1 atom stereocenters. The molecule has 2 aliphatic carbocycles. The summed E-state index contributed by atoms with van der Waals surface area (Å²) >= 11 is 0. The van der Waals surface area contributed by atoms with Gasteiger partial charge in [-0.1, -0.05) is 12.8 Å². The zero-order valence-electron chi connectivity index (χ0n) is 15.9. The van der Waals surface area contributed by atoms with Crippen molar-refractivity contribution in [2.45, 2.75) is 61.2 Å². The minimum absolute atomic E-state index is 0.0659. The van der Waals surface area contributed by atoms with Gasteiger partial charge in [0, 0.05) is 5.56 Å². The molecule has 10 heteroatoms. The van der Waals surface area contributed by atoms with Crippen molar-refractivity contribution >= 4 is 15.8 Å². The van der Waals surface area contributed by atoms with Gasteiger partial charge in [0.05, 0.1) is 22.7 Å². The molecule has 6 nitrogen and oxygen atoms in total. The molecule has 1 spiro atoms. The molecular formula is C20H20F3N3O3S. The van der Waals surface area contributed by atoms with Gasteiger partial charge in [-0.2, -0.15) is 22.6 Å². The number of rotatable bonds is 3. The Hall–Kier alpha value is -2.20. The van der Waals surface area contributed by atoms with E-state index in [1.165, 1.54) is 10.5 Å². The van der Waals surface area contributed by atoms with Crippen molar-refractivity contribution in [1.82, 2.24) is 14.5 Å². The van der Waals surface area contributed by atoms with E-state index in [0.717, 1.165) is 37.1 Å². The van der Waals surface area contributed by atoms with Gasteiger partial charge in [0.1, 0.15) is 11.2 Å². The predicted molar refractivity (Wildman–Crippen MR) is 100 cm³/mol. The lowest BCUT2D eigenvalue weighted by Crippen LogP contribution is -2.60. The highest BCUT2D eigenvalue weighted by molar-refractivity contribution is 7.89. The summed E-state index contributed by atoms with van der Waals surface area (Å²) in [6.45, 7) is 0. The summed E-state index contributed by atoms with van der Waals surface area (Å²) < 4.78 is 67.8. The van der Waals surface area contributed by atoms with Gasteiger partial charge in [-0.3, -0.25) is 9.89 Å². The van der Waals surface area contributed by atoms with Crippen LogP contribution in [0.15, 0.2) is 35.4 Å². The number of fused-ring (bicyclic) bond motifs is 1. The number of aromatic amines is 1. The van der Waals surface area contributed by atoms with Crippen LogP contribution in [0.1, 0.15) is 66.2 Å². The van der Waals surface area contributed by atoms with E-state index < -0.39 is 33.3 Å². The highest BCUT2D eigenvalue weighted by atomic mass is 32.2. The van der Waals surface area contributed by atoms with Gasteiger partial charge in [-0.25, -0.2) is 8.42 Å². The van der Waals surface area contributed by atoms with Crippen LogP contribution in [-0.4, -0.2) is 34.2 Å². The molecule has 0 bridgehead atoms. The number of hydrogen-bond acceptors (Lipinski definition) is 4. The summed E-state index contributed by atoms with van der Waals surface area (Å²) in [5.41, 5.74) is -1.19. The molecule has 2 saturated carbocycles. The van der Waals surface area contributed by atoms with E-state index in [0.29, 0.717) is 36.9 Å². The van der Waals surface area contributed by atoms with Crippen LogP contribution in [-0.2, 0) is 16.2 Å². The van der Waals surface area contributed by atoms with Gasteiger partial charge >= 0.3 is 6.18 Å². The van der Waals surface area contributed by atoms with Crippen LogP contribution in [0.3, 0.4) is 0 Å². The number of alkyl halides is 3. The summed E-state index contributed by atoms with van der Waals surface area (Å²) in [6.07, 6.45) is 0.834. The third kappa shape index (κ3) is 2.76. The van der Waals surface area contributed by atoms with E-state index in [1.807, 2.05) is 0 Å². The number of carbonyl (C=O) groups excluding carboxylic acids is 1. The third-order valence-corrected chi connectivity index (χ3v) is 8.51. The molecule has 0 amide bonds. The fraction of sp³-hybridized carbons (Fsp3) is 0.500. The number of H-pyrrole nitrogens is 1. The molecule has 1 aromatic carbocycles. The minimum atomic E-state index is -4.56. The second-order valence-electron chi connectivity index (χ2n) is 8.37. The molecular weight excluding hydrogens is 419 g/mol. The van der Waals surface area contributed by atoms with Gasteiger partial charge in [-0.15, -0.1) is 0 Å². The second-order valence-corrected chi connectivity index (χ2v) is 10.2. The average molecular weight is 439 g/mol. The number of nitrogens with one attached hydrogen (secondary N) is 1. The highest BCUT2D eigenvalue weighted by Crippen LogP contribution is 2.56. The molecule has 1 aromatic heterocycles. The van der Waals surface area contributed by atoms with Gasteiger partial charge < -0.3 is 0 Å². The number of sulfonamides is 1. The first kappa shape index (κ1) is 19.7. The predicted octanol–water partition coefficient (Wildman–Crippen LogP) is 4.08. The maximum absolute atomic E-state index is 13.8. The van der Waals surface area contributed by atoms with Crippen LogP contribution in [0, 0.1) is 5.92 Å². The zero-order chi connectivity index (χ0) is 21.3. The monoisotopic (exact) mass is 439 g/mol. The van der Waals surface area contributed by atoms with E-state index in [-0.39, 0.29) is 16.6 Å². The average Bonchev–Trinajstić information content (AvgIpc) is 3.22. The van der Waals surface area contributed by atoms with Gasteiger partial charge in [-0.05, 0) is 55.9 Å². The summed E-state index contributed by atoms with van der Waals surface area (Å²) in [5, 5.41) is 6.77. The molecule has 160 valence electrons. The van der Waals surface area contributed by atoms with Crippen LogP contribution >= 0.6 is 0 Å². The van der Waals surface area contributed by atoms with Crippen LogP contribution in [0.4, 0.5) is 13.2 Å². The van der Waals surface area contributed by atoms with E-state index in [4.69, 9.17) is 0 Å². The topological polar surface area (TPSA) is 83.1 Å². The van der Waals surface area contributed by atoms with Gasteiger partial charge in [0.15, 0.2) is 0 Å². The van der Waals surface area contributed by atoms with Crippen molar-refractivity contribution in [1.29, 1.82) is 0 Å². The third-order valence-electron chi connectivity index (χ3n) is 6.55. The largest absolute Gasteiger partial charge is 0.416 e. The first-order valence-electron chi connectivity index (χ1n) is 9.96. The molecule has 1 N–H and O–H groups in total. The summed E-state index contributed by atoms with van der Waals surface area (Å²) in [5.74, 6) is -0.226. The lowest BCUT2D eigenvalue weighted by molar-refractivity contribution is -0.137. The molecule has 2 fully saturated rings. The molecule has 2 aromatic rings. The standard InChI is InChI=1S/C20H20F3N3O3S/c21-20(22,23)13-5-7-14(8-6-13)30(28,29)26-17(12-3-4-12)15-11-24-25-16(15)18(27)19(26)9-1-2-10-19/h5-8,11-12,17H,1-4,9-10H2,(H,24,25). The Balaban J connectivity index is 1.67. The lowest BCUT2D eigenvalue weighted by Gasteiger charge is -2.46. The Bertz CT molecular complexity index is 1100. The normalized spacial score (nSPS) is 24.4. The van der Waals surface area contributed by atoms with Crippen molar-refractivity contribution in [3.8, 4) is 0 Å². The van der Waals surface area contributed by atoms with Crippen molar-refractivity contribution in [3.63, 3.8) is 0 Å². The number of ketones is 1. The van der Waals surface area contributed by atoms with Crippen LogP contribution in [0.2, 0.25) is 0 Å². The van der Waals surface area contributed by atoms with E-state index in [2.05, 4.69) is 10.2 Å². The molecule has 0 saturated heterocycles. The fourth-order valence-corrected chi connectivity index (χ4v) is 7.02. The summed E-state index contributed by atoms with van der Waals surface area (Å²) in [7, 11) is -4.22. The molecule has 1 unspecified atom stereocenters. The number of Topliss-reactive ketones (excluding diaryl/α,β-unsaturated/α-hetero) is 1. The first-order valence-corrected chi connectivity index (χ1v) is 11.4. The van der Waals surface area contributed by atoms with E-state index in [9.17, 15) is 26.4 Å². The Morgan fingerprint density at radius 3 is 2.30 bits per heavy atom. The van der Waals surface area contributed by atoms with E-state index in [1.54, 1.807) is 0 Å². The number of benzene rings is 1. The maximum atomic E-state index is 13.8. The molecule has 2 heterocycles. The van der Waals surface area contributed by atoms with Crippen LogP contribution in [0.25, 0.3) is 0 Å². The number of carbonyl (C=O) groups is 1. The fourth-order valence-electron chi connectivity index (χ4n) is 5.00. The molecule has 3 aliphatic rings. The second kappa shape index (κ2) is 6.40. The summed E-state index contributed by atoms with van der Waals surface area (Å²) in [4.78, 5) is 13.2. The number of hydrogen-bond donors (Lipinski definition) is 1. The van der Waals surface area contributed by atoms with Crippen molar-refractivity contribution in [2.75, 3.05) is 0 Å². The van der Waals surface area contributed by atoms with Crippen molar-refractivity contribution in [2.24, 2.45) is 5.92 Å². The number of halogens is 3.